The van der Waals surface area contributed by atoms with Gasteiger partial charge >= 0.3 is 11.9 Å². The van der Waals surface area contributed by atoms with Crippen LogP contribution in [0.15, 0.2) is 24.3 Å². The topological polar surface area (TPSA) is 228 Å². The number of carbonyl (C=O) groups is 5. The van der Waals surface area contributed by atoms with E-state index in [4.69, 9.17) is 10.8 Å². The number of aliphatic carboxylic acids is 2. The molecular weight excluding hydrogens is 476 g/mol. The van der Waals surface area contributed by atoms with Gasteiger partial charge in [0.1, 0.15) is 23.9 Å². The number of nitrogens with one attached hydrogen (secondary N) is 3. The van der Waals surface area contributed by atoms with Gasteiger partial charge < -0.3 is 42.1 Å². The van der Waals surface area contributed by atoms with E-state index in [-0.39, 0.29) is 37.4 Å². The van der Waals surface area contributed by atoms with Crippen molar-refractivity contribution >= 4 is 29.7 Å². The van der Waals surface area contributed by atoms with Gasteiger partial charge in [-0.2, -0.15) is 0 Å². The Morgan fingerprint density at radius 3 is 1.89 bits per heavy atom. The Bertz CT molecular complexity index is 921. The molecule has 4 unspecified atom stereocenters. The zero-order valence-electron chi connectivity index (χ0n) is 20.1. The first-order valence-corrected chi connectivity index (χ1v) is 11.3. The van der Waals surface area contributed by atoms with Crippen LogP contribution in [0.4, 0.5) is 0 Å². The van der Waals surface area contributed by atoms with Crippen LogP contribution in [-0.2, 0) is 30.4 Å². The van der Waals surface area contributed by atoms with Gasteiger partial charge in [0.25, 0.3) is 0 Å². The molecule has 4 atom stereocenters. The molecule has 1 aromatic rings. The first-order valence-electron chi connectivity index (χ1n) is 11.3. The number of nitrogens with two attached hydrogens (primary N) is 1. The highest BCUT2D eigenvalue weighted by Gasteiger charge is 2.30. The minimum atomic E-state index is -1.51. The van der Waals surface area contributed by atoms with Crippen molar-refractivity contribution in [2.45, 2.75) is 63.7 Å². The summed E-state index contributed by atoms with van der Waals surface area (Å²) in [5.74, 6) is -5.08. The summed E-state index contributed by atoms with van der Waals surface area (Å²) in [6, 6.07) is 0.524. The molecule has 13 heteroatoms. The highest BCUT2D eigenvalue weighted by Crippen LogP contribution is 2.12. The van der Waals surface area contributed by atoms with Crippen molar-refractivity contribution in [2.75, 3.05) is 6.61 Å². The van der Waals surface area contributed by atoms with E-state index in [9.17, 15) is 39.3 Å². The lowest BCUT2D eigenvalue weighted by Gasteiger charge is -2.25. The van der Waals surface area contributed by atoms with Crippen molar-refractivity contribution in [3.05, 3.63) is 29.8 Å². The number of rotatable bonds is 15. The Balaban J connectivity index is 3.02. The quantitative estimate of drug-likeness (QED) is 0.139. The molecule has 0 aliphatic heterocycles. The average molecular weight is 511 g/mol. The maximum atomic E-state index is 13.0. The van der Waals surface area contributed by atoms with Gasteiger partial charge in [0.05, 0.1) is 12.6 Å². The molecule has 0 aliphatic carbocycles. The largest absolute Gasteiger partial charge is 0.508 e. The van der Waals surface area contributed by atoms with Crippen LogP contribution in [0.3, 0.4) is 0 Å². The van der Waals surface area contributed by atoms with Crippen molar-refractivity contribution in [3.8, 4) is 5.75 Å². The maximum Gasteiger partial charge on any atom is 0.326 e. The molecule has 9 N–H and O–H groups in total. The fraction of sp³-hybridized carbons (Fsp3) is 0.522. The smallest absolute Gasteiger partial charge is 0.326 e. The number of hydrogen-bond acceptors (Lipinski definition) is 8. The highest BCUT2D eigenvalue weighted by atomic mass is 16.4. The van der Waals surface area contributed by atoms with Crippen molar-refractivity contribution < 1.29 is 44.4 Å². The molecule has 36 heavy (non-hydrogen) atoms. The van der Waals surface area contributed by atoms with Gasteiger partial charge in [-0.25, -0.2) is 4.79 Å². The number of phenolic OH excluding ortho intramolecular Hbond substituents is 1. The zero-order valence-corrected chi connectivity index (χ0v) is 20.1. The number of aliphatic hydroxyl groups is 1. The summed E-state index contributed by atoms with van der Waals surface area (Å²) in [6.07, 6.45) is -0.513. The van der Waals surface area contributed by atoms with E-state index in [1.165, 1.54) is 24.3 Å². The predicted octanol–water partition coefficient (Wildman–Crippen LogP) is -1.30. The molecule has 0 bridgehead atoms. The van der Waals surface area contributed by atoms with Gasteiger partial charge in [-0.15, -0.1) is 0 Å². The SMILES string of the molecule is CC(C)CC(NC(=O)C(Cc1ccc(O)cc1)NC(=O)C(CO)NC(=O)C(N)CCC(=O)O)C(=O)O. The number of carboxylic acid groups (broad SMARTS) is 2. The lowest BCUT2D eigenvalue weighted by Crippen LogP contribution is -2.58. The summed E-state index contributed by atoms with van der Waals surface area (Å²) in [7, 11) is 0. The average Bonchev–Trinajstić information content (AvgIpc) is 2.80. The minimum absolute atomic E-state index is 0.0195. The summed E-state index contributed by atoms with van der Waals surface area (Å²) >= 11 is 0. The first-order chi connectivity index (χ1) is 16.8. The maximum absolute atomic E-state index is 13.0. The molecular formula is C23H34N4O9. The van der Waals surface area contributed by atoms with E-state index >= 15 is 0 Å². The Labute approximate surface area is 208 Å². The Morgan fingerprint density at radius 1 is 0.861 bits per heavy atom. The second-order valence-corrected chi connectivity index (χ2v) is 8.74. The van der Waals surface area contributed by atoms with E-state index in [0.717, 1.165) is 0 Å². The molecule has 0 fully saturated rings. The molecule has 0 aliphatic rings. The summed E-state index contributed by atoms with van der Waals surface area (Å²) in [5, 5.41) is 44.3. The number of phenols is 1. The highest BCUT2D eigenvalue weighted by molar-refractivity contribution is 5.94. The number of carbonyl (C=O) groups excluding carboxylic acids is 3. The molecule has 3 amide bonds. The van der Waals surface area contributed by atoms with Crippen molar-refractivity contribution in [2.24, 2.45) is 11.7 Å². The Hall–Kier alpha value is -3.71. The third kappa shape index (κ3) is 10.7. The van der Waals surface area contributed by atoms with Gasteiger partial charge in [0.2, 0.25) is 17.7 Å². The third-order valence-corrected chi connectivity index (χ3v) is 5.15. The fourth-order valence-electron chi connectivity index (χ4n) is 3.20. The molecule has 0 saturated carbocycles. The zero-order chi connectivity index (χ0) is 27.4. The summed E-state index contributed by atoms with van der Waals surface area (Å²) in [5.41, 5.74) is 6.16. The first kappa shape index (κ1) is 30.3. The van der Waals surface area contributed by atoms with Crippen LogP contribution in [0.5, 0.6) is 5.75 Å². The van der Waals surface area contributed by atoms with E-state index in [2.05, 4.69) is 16.0 Å². The van der Waals surface area contributed by atoms with Gasteiger partial charge in [-0.1, -0.05) is 26.0 Å². The molecule has 0 aromatic heterocycles. The van der Waals surface area contributed by atoms with Crippen molar-refractivity contribution in [3.63, 3.8) is 0 Å². The van der Waals surface area contributed by atoms with Crippen LogP contribution in [0.1, 0.15) is 38.7 Å². The molecule has 0 spiro atoms. The summed E-state index contributed by atoms with van der Waals surface area (Å²) < 4.78 is 0. The van der Waals surface area contributed by atoms with E-state index in [1.807, 2.05) is 0 Å². The number of hydrogen-bond donors (Lipinski definition) is 8. The van der Waals surface area contributed by atoms with Crippen LogP contribution in [0, 0.1) is 5.92 Å². The molecule has 200 valence electrons. The number of aromatic hydroxyl groups is 1. The van der Waals surface area contributed by atoms with E-state index in [0.29, 0.717) is 5.56 Å². The molecule has 1 aromatic carbocycles. The molecule has 13 nitrogen and oxygen atoms in total. The molecule has 0 radical (unpaired) electrons. The normalized spacial score (nSPS) is 14.2. The number of carboxylic acids is 2. The van der Waals surface area contributed by atoms with Crippen LogP contribution >= 0.6 is 0 Å². The third-order valence-electron chi connectivity index (χ3n) is 5.15. The van der Waals surface area contributed by atoms with Crippen LogP contribution < -0.4 is 21.7 Å². The lowest BCUT2D eigenvalue weighted by molar-refractivity contribution is -0.143. The van der Waals surface area contributed by atoms with Crippen LogP contribution in [-0.4, -0.2) is 80.9 Å². The van der Waals surface area contributed by atoms with Crippen LogP contribution in [0.2, 0.25) is 0 Å². The van der Waals surface area contributed by atoms with E-state index < -0.39 is 60.4 Å². The van der Waals surface area contributed by atoms with Gasteiger partial charge in [-0.05, 0) is 36.5 Å². The van der Waals surface area contributed by atoms with Gasteiger partial charge in [0.15, 0.2) is 0 Å². The number of amides is 3. The fourth-order valence-corrected chi connectivity index (χ4v) is 3.20. The lowest BCUT2D eigenvalue weighted by atomic mass is 10.0. The summed E-state index contributed by atoms with van der Waals surface area (Å²) in [6.45, 7) is 2.73. The number of benzene rings is 1. The second-order valence-electron chi connectivity index (χ2n) is 8.74. The monoisotopic (exact) mass is 510 g/mol. The molecule has 0 heterocycles. The summed E-state index contributed by atoms with van der Waals surface area (Å²) in [4.78, 5) is 60.2. The number of aliphatic hydroxyl groups excluding tert-OH is 1. The minimum Gasteiger partial charge on any atom is -0.508 e. The van der Waals surface area contributed by atoms with Crippen molar-refractivity contribution in [1.82, 2.24) is 16.0 Å². The Morgan fingerprint density at radius 2 is 1.39 bits per heavy atom. The van der Waals surface area contributed by atoms with E-state index in [1.54, 1.807) is 13.8 Å². The van der Waals surface area contributed by atoms with Gasteiger partial charge in [0, 0.05) is 12.8 Å². The van der Waals surface area contributed by atoms with Crippen molar-refractivity contribution in [1.29, 1.82) is 0 Å². The predicted molar refractivity (Wildman–Crippen MR) is 127 cm³/mol. The van der Waals surface area contributed by atoms with Crippen LogP contribution in [0.25, 0.3) is 0 Å². The molecule has 0 saturated heterocycles. The standard InChI is InChI=1S/C23H34N4O9/c1-12(2)9-17(23(35)36)26-21(33)16(10-13-3-5-14(29)6-4-13)25-22(34)18(11-28)27-20(32)15(24)7-8-19(30)31/h3-6,12,15-18,28-29H,7-11,24H2,1-2H3,(H,25,34)(H,26,33)(H,27,32)(H,30,31)(H,35,36). The second kappa shape index (κ2) is 14.6. The molecule has 1 rings (SSSR count). The van der Waals surface area contributed by atoms with Gasteiger partial charge in [-0.3, -0.25) is 19.2 Å². The Kier molecular flexibility index (Phi) is 12.3.